The molecule has 1 aliphatic heterocycles. The fourth-order valence-corrected chi connectivity index (χ4v) is 2.46. The number of ether oxygens (including phenoxy) is 1. The number of anilines is 2. The van der Waals surface area contributed by atoms with Crippen LogP contribution in [0.3, 0.4) is 0 Å². The first-order valence-corrected chi connectivity index (χ1v) is 7.28. The number of para-hydroxylation sites is 1. The van der Waals surface area contributed by atoms with E-state index in [0.717, 1.165) is 43.7 Å². The molecule has 3 rings (SSSR count). The molecule has 0 bridgehead atoms. The highest BCUT2D eigenvalue weighted by molar-refractivity contribution is 5.39. The monoisotopic (exact) mass is 285 g/mol. The van der Waals surface area contributed by atoms with Crippen molar-refractivity contribution >= 4 is 11.9 Å². The number of nitrogens with two attached hydrogens (primary N) is 1. The molecule has 0 spiro atoms. The highest BCUT2D eigenvalue weighted by Gasteiger charge is 2.17. The van der Waals surface area contributed by atoms with Gasteiger partial charge >= 0.3 is 6.01 Å². The van der Waals surface area contributed by atoms with Crippen LogP contribution in [0, 0.1) is 0 Å². The number of nitrogens with zero attached hydrogens (tertiary/aromatic N) is 4. The largest absolute Gasteiger partial charge is 0.424 e. The molecule has 2 heterocycles. The third-order valence-corrected chi connectivity index (χ3v) is 3.56. The lowest BCUT2D eigenvalue weighted by molar-refractivity contribution is 0.436. The van der Waals surface area contributed by atoms with Crippen molar-refractivity contribution in [1.29, 1.82) is 0 Å². The standard InChI is InChI=1S/C15H19N5O/c1-2-11-7-3-4-8-12(11)21-15-18-13(16)17-14(19-15)20-9-5-6-10-20/h3-4,7-8H,2,5-6,9-10H2,1H3,(H2,16,17,18,19). The van der Waals surface area contributed by atoms with Gasteiger partial charge in [0.15, 0.2) is 0 Å². The summed E-state index contributed by atoms with van der Waals surface area (Å²) in [5.74, 6) is 1.55. The molecule has 1 aromatic heterocycles. The number of aryl methyl sites for hydroxylation is 1. The van der Waals surface area contributed by atoms with Gasteiger partial charge in [0.2, 0.25) is 11.9 Å². The molecule has 2 N–H and O–H groups in total. The summed E-state index contributed by atoms with van der Waals surface area (Å²) in [6.45, 7) is 3.99. The second-order valence-electron chi connectivity index (χ2n) is 5.03. The highest BCUT2D eigenvalue weighted by atomic mass is 16.5. The van der Waals surface area contributed by atoms with Crippen LogP contribution in [-0.2, 0) is 6.42 Å². The molecular formula is C15H19N5O. The van der Waals surface area contributed by atoms with Crippen LogP contribution < -0.4 is 15.4 Å². The normalized spacial score (nSPS) is 14.4. The maximum absolute atomic E-state index is 5.81. The molecule has 1 aromatic carbocycles. The topological polar surface area (TPSA) is 77.2 Å². The van der Waals surface area contributed by atoms with Gasteiger partial charge in [0, 0.05) is 13.1 Å². The first kappa shape index (κ1) is 13.6. The van der Waals surface area contributed by atoms with Gasteiger partial charge in [-0.1, -0.05) is 25.1 Å². The summed E-state index contributed by atoms with van der Waals surface area (Å²) in [7, 11) is 0. The van der Waals surface area contributed by atoms with Crippen LogP contribution in [0.5, 0.6) is 11.8 Å². The van der Waals surface area contributed by atoms with Crippen molar-refractivity contribution in [3.8, 4) is 11.8 Å². The minimum Gasteiger partial charge on any atom is -0.424 e. The molecule has 1 fully saturated rings. The zero-order valence-electron chi connectivity index (χ0n) is 12.1. The molecular weight excluding hydrogens is 266 g/mol. The van der Waals surface area contributed by atoms with E-state index in [1.165, 1.54) is 0 Å². The van der Waals surface area contributed by atoms with E-state index in [1.54, 1.807) is 0 Å². The fraction of sp³-hybridized carbons (Fsp3) is 0.400. The van der Waals surface area contributed by atoms with E-state index in [4.69, 9.17) is 10.5 Å². The first-order valence-electron chi connectivity index (χ1n) is 7.28. The van der Waals surface area contributed by atoms with Gasteiger partial charge in [-0.2, -0.15) is 15.0 Å². The van der Waals surface area contributed by atoms with Crippen LogP contribution in [-0.4, -0.2) is 28.0 Å². The second kappa shape index (κ2) is 5.95. The second-order valence-corrected chi connectivity index (χ2v) is 5.03. The Balaban J connectivity index is 1.88. The van der Waals surface area contributed by atoms with E-state index in [-0.39, 0.29) is 12.0 Å². The Bertz CT molecular complexity index is 625. The van der Waals surface area contributed by atoms with Crippen LogP contribution in [0.15, 0.2) is 24.3 Å². The summed E-state index contributed by atoms with van der Waals surface area (Å²) in [6, 6.07) is 8.12. The van der Waals surface area contributed by atoms with Crippen molar-refractivity contribution in [3.05, 3.63) is 29.8 Å². The number of aromatic nitrogens is 3. The van der Waals surface area contributed by atoms with Gasteiger partial charge in [-0.15, -0.1) is 0 Å². The number of hydrogen-bond acceptors (Lipinski definition) is 6. The quantitative estimate of drug-likeness (QED) is 0.929. The fourth-order valence-electron chi connectivity index (χ4n) is 2.46. The summed E-state index contributed by atoms with van der Waals surface area (Å²) < 4.78 is 5.81. The Morgan fingerprint density at radius 2 is 1.90 bits per heavy atom. The molecule has 6 nitrogen and oxygen atoms in total. The van der Waals surface area contributed by atoms with Crippen molar-refractivity contribution < 1.29 is 4.74 Å². The number of nitrogen functional groups attached to an aromatic ring is 1. The summed E-state index contributed by atoms with van der Waals surface area (Å²) in [4.78, 5) is 14.8. The smallest absolute Gasteiger partial charge is 0.328 e. The van der Waals surface area contributed by atoms with Gasteiger partial charge in [0.1, 0.15) is 5.75 Å². The predicted molar refractivity (Wildman–Crippen MR) is 81.6 cm³/mol. The van der Waals surface area contributed by atoms with E-state index >= 15 is 0 Å². The zero-order chi connectivity index (χ0) is 14.7. The maximum Gasteiger partial charge on any atom is 0.328 e. The lowest BCUT2D eigenvalue weighted by atomic mass is 10.1. The number of hydrogen-bond donors (Lipinski definition) is 1. The van der Waals surface area contributed by atoms with Crippen molar-refractivity contribution in [2.45, 2.75) is 26.2 Å². The third-order valence-electron chi connectivity index (χ3n) is 3.56. The van der Waals surface area contributed by atoms with E-state index in [9.17, 15) is 0 Å². The van der Waals surface area contributed by atoms with Gasteiger partial charge in [0.25, 0.3) is 0 Å². The molecule has 2 aromatic rings. The van der Waals surface area contributed by atoms with Crippen molar-refractivity contribution in [2.75, 3.05) is 23.7 Å². The Kier molecular flexibility index (Phi) is 3.85. The lowest BCUT2D eigenvalue weighted by Gasteiger charge is -2.16. The van der Waals surface area contributed by atoms with Crippen LogP contribution in [0.4, 0.5) is 11.9 Å². The van der Waals surface area contributed by atoms with Crippen molar-refractivity contribution in [1.82, 2.24) is 15.0 Å². The highest BCUT2D eigenvalue weighted by Crippen LogP contribution is 2.25. The summed E-state index contributed by atoms with van der Waals surface area (Å²) in [5, 5.41) is 0. The van der Waals surface area contributed by atoms with Crippen molar-refractivity contribution in [3.63, 3.8) is 0 Å². The van der Waals surface area contributed by atoms with E-state index in [0.29, 0.717) is 5.95 Å². The van der Waals surface area contributed by atoms with Gasteiger partial charge < -0.3 is 15.4 Å². The van der Waals surface area contributed by atoms with Crippen LogP contribution in [0.25, 0.3) is 0 Å². The Morgan fingerprint density at radius 3 is 2.67 bits per heavy atom. The molecule has 21 heavy (non-hydrogen) atoms. The molecule has 0 saturated carbocycles. The van der Waals surface area contributed by atoms with Crippen LogP contribution >= 0.6 is 0 Å². The van der Waals surface area contributed by atoms with E-state index in [1.807, 2.05) is 24.3 Å². The third kappa shape index (κ3) is 3.04. The minimum atomic E-state index is 0.191. The van der Waals surface area contributed by atoms with Gasteiger partial charge in [-0.05, 0) is 30.9 Å². The van der Waals surface area contributed by atoms with Gasteiger partial charge in [-0.25, -0.2) is 0 Å². The van der Waals surface area contributed by atoms with Gasteiger partial charge in [-0.3, -0.25) is 0 Å². The molecule has 0 amide bonds. The summed E-state index contributed by atoms with van der Waals surface area (Å²) in [5.41, 5.74) is 6.89. The SMILES string of the molecule is CCc1ccccc1Oc1nc(N)nc(N2CCCC2)n1. The molecule has 1 saturated heterocycles. The van der Waals surface area contributed by atoms with Crippen LogP contribution in [0.1, 0.15) is 25.3 Å². The Labute approximate surface area is 124 Å². The average Bonchev–Trinajstić information content (AvgIpc) is 3.01. The lowest BCUT2D eigenvalue weighted by Crippen LogP contribution is -2.21. The van der Waals surface area contributed by atoms with Crippen LogP contribution in [0.2, 0.25) is 0 Å². The molecule has 0 radical (unpaired) electrons. The number of benzene rings is 1. The number of rotatable bonds is 4. The van der Waals surface area contributed by atoms with E-state index < -0.39 is 0 Å². The van der Waals surface area contributed by atoms with Gasteiger partial charge in [0.05, 0.1) is 0 Å². The Morgan fingerprint density at radius 1 is 1.14 bits per heavy atom. The predicted octanol–water partition coefficient (Wildman–Crippen LogP) is 2.41. The molecule has 6 heteroatoms. The molecule has 1 aliphatic rings. The molecule has 0 atom stereocenters. The zero-order valence-corrected chi connectivity index (χ0v) is 12.1. The molecule has 0 aliphatic carbocycles. The summed E-state index contributed by atoms with van der Waals surface area (Å²) in [6.07, 6.45) is 3.19. The maximum atomic E-state index is 5.81. The minimum absolute atomic E-state index is 0.191. The first-order chi connectivity index (χ1) is 10.3. The summed E-state index contributed by atoms with van der Waals surface area (Å²) >= 11 is 0. The Hall–Kier alpha value is -2.37. The average molecular weight is 285 g/mol. The van der Waals surface area contributed by atoms with Crippen molar-refractivity contribution in [2.24, 2.45) is 0 Å². The molecule has 0 unspecified atom stereocenters. The van der Waals surface area contributed by atoms with E-state index in [2.05, 4.69) is 26.8 Å². The molecule has 110 valence electrons.